The van der Waals surface area contributed by atoms with Crippen molar-refractivity contribution in [2.24, 2.45) is 5.73 Å². The molecule has 0 rings (SSSR count). The van der Waals surface area contributed by atoms with Gasteiger partial charge >= 0.3 is 0 Å². The van der Waals surface area contributed by atoms with Crippen molar-refractivity contribution < 1.29 is 9.59 Å². The zero-order valence-corrected chi connectivity index (χ0v) is 8.96. The third kappa shape index (κ3) is 4.81. The molecule has 0 saturated carbocycles. The number of nitrogens with one attached hydrogen (secondary N) is 2. The number of hydrogen-bond donors (Lipinski definition) is 3. The first-order valence-corrected chi connectivity index (χ1v) is 4.81. The minimum Gasteiger partial charge on any atom is -0.352 e. The molecule has 0 aliphatic carbocycles. The van der Waals surface area contributed by atoms with Gasteiger partial charge in [0.2, 0.25) is 11.8 Å². The molecule has 0 aromatic carbocycles. The first-order chi connectivity index (χ1) is 6.51. The van der Waals surface area contributed by atoms with E-state index in [2.05, 4.69) is 10.6 Å². The van der Waals surface area contributed by atoms with Crippen LogP contribution in [0.15, 0.2) is 0 Å². The largest absolute Gasteiger partial charge is 0.352 e. The van der Waals surface area contributed by atoms with E-state index >= 15 is 0 Å². The summed E-state index contributed by atoms with van der Waals surface area (Å²) < 4.78 is 0. The number of carbonyl (C=O) groups is 2. The van der Waals surface area contributed by atoms with Gasteiger partial charge < -0.3 is 16.4 Å². The van der Waals surface area contributed by atoms with E-state index < -0.39 is 6.04 Å². The van der Waals surface area contributed by atoms with Crippen molar-refractivity contribution in [2.45, 2.75) is 39.3 Å². The summed E-state index contributed by atoms with van der Waals surface area (Å²) in [5.41, 5.74) is 5.10. The maximum atomic E-state index is 11.4. The molecule has 0 spiro atoms. The van der Waals surface area contributed by atoms with Gasteiger partial charge in [-0.1, -0.05) is 6.92 Å². The molecular formula is C9H19N3O2. The Balaban J connectivity index is 3.93. The maximum Gasteiger partial charge on any atom is 0.242 e. The van der Waals surface area contributed by atoms with Crippen molar-refractivity contribution in [3.05, 3.63) is 0 Å². The summed E-state index contributed by atoms with van der Waals surface area (Å²) >= 11 is 0. The van der Waals surface area contributed by atoms with E-state index in [4.69, 9.17) is 5.73 Å². The van der Waals surface area contributed by atoms with Gasteiger partial charge in [0.15, 0.2) is 0 Å². The highest BCUT2D eigenvalue weighted by atomic mass is 16.2. The third-order valence-corrected chi connectivity index (χ3v) is 1.96. The van der Waals surface area contributed by atoms with Crippen molar-refractivity contribution in [2.75, 3.05) is 6.54 Å². The van der Waals surface area contributed by atoms with Crippen LogP contribution in [-0.4, -0.2) is 30.4 Å². The molecule has 5 nitrogen and oxygen atoms in total. The van der Waals surface area contributed by atoms with Gasteiger partial charge in [-0.3, -0.25) is 9.59 Å². The van der Waals surface area contributed by atoms with Gasteiger partial charge in [0.1, 0.15) is 6.04 Å². The Morgan fingerprint density at radius 3 is 2.29 bits per heavy atom. The number of amides is 2. The van der Waals surface area contributed by atoms with E-state index in [1.165, 1.54) is 0 Å². The van der Waals surface area contributed by atoms with Gasteiger partial charge in [0.05, 0.1) is 6.54 Å². The molecule has 4 N–H and O–H groups in total. The number of carbonyl (C=O) groups excluding carboxylic acids is 2. The third-order valence-electron chi connectivity index (χ3n) is 1.96. The Kier molecular flexibility index (Phi) is 5.87. The fraction of sp³-hybridized carbons (Fsp3) is 0.778. The molecular weight excluding hydrogens is 182 g/mol. The summed E-state index contributed by atoms with van der Waals surface area (Å²) in [5, 5.41) is 5.25. The molecule has 14 heavy (non-hydrogen) atoms. The molecule has 5 heteroatoms. The minimum absolute atomic E-state index is 0.0963. The summed E-state index contributed by atoms with van der Waals surface area (Å²) in [6.45, 7) is 5.43. The summed E-state index contributed by atoms with van der Waals surface area (Å²) in [6.07, 6.45) is 0.864. The topological polar surface area (TPSA) is 84.2 Å². The zero-order chi connectivity index (χ0) is 11.1. The predicted octanol–water partition coefficient (Wildman–Crippen LogP) is -0.635. The summed E-state index contributed by atoms with van der Waals surface area (Å²) in [5.74, 6) is -0.502. The van der Waals surface area contributed by atoms with Gasteiger partial charge in [-0.05, 0) is 20.3 Å². The number of rotatable bonds is 5. The monoisotopic (exact) mass is 201 g/mol. The second kappa shape index (κ2) is 6.37. The van der Waals surface area contributed by atoms with Crippen molar-refractivity contribution in [1.82, 2.24) is 10.6 Å². The Morgan fingerprint density at radius 2 is 1.86 bits per heavy atom. The first kappa shape index (κ1) is 12.9. The quantitative estimate of drug-likeness (QED) is 0.553. The lowest BCUT2D eigenvalue weighted by molar-refractivity contribution is -0.128. The number of nitrogens with two attached hydrogens (primary N) is 1. The lowest BCUT2D eigenvalue weighted by Gasteiger charge is -2.16. The summed E-state index contributed by atoms with van der Waals surface area (Å²) in [6, 6.07) is -0.403. The molecule has 2 unspecified atom stereocenters. The zero-order valence-electron chi connectivity index (χ0n) is 8.96. The van der Waals surface area contributed by atoms with Crippen LogP contribution >= 0.6 is 0 Å². The van der Waals surface area contributed by atoms with Crippen LogP contribution in [0.2, 0.25) is 0 Å². The van der Waals surface area contributed by atoms with Crippen LogP contribution in [0, 0.1) is 0 Å². The normalized spacial score (nSPS) is 14.3. The Hall–Kier alpha value is -1.10. The van der Waals surface area contributed by atoms with Gasteiger partial charge in [-0.25, -0.2) is 0 Å². The van der Waals surface area contributed by atoms with E-state index in [0.717, 1.165) is 6.42 Å². The van der Waals surface area contributed by atoms with Crippen LogP contribution in [0.1, 0.15) is 27.2 Å². The van der Waals surface area contributed by atoms with Crippen LogP contribution in [-0.2, 0) is 9.59 Å². The lowest BCUT2D eigenvalue weighted by atomic mass is 10.2. The predicted molar refractivity (Wildman–Crippen MR) is 54.6 cm³/mol. The van der Waals surface area contributed by atoms with Crippen LogP contribution in [0.25, 0.3) is 0 Å². The fourth-order valence-electron chi connectivity index (χ4n) is 0.836. The molecule has 0 aromatic rings. The smallest absolute Gasteiger partial charge is 0.242 e. The standard InChI is InChI=1S/C9H19N3O2/c1-4-6(2)11-9(14)7(3)12-8(13)5-10/h6-7H,4-5,10H2,1-3H3,(H,11,14)(H,12,13). The van der Waals surface area contributed by atoms with Crippen LogP contribution < -0.4 is 16.4 Å². The molecule has 0 heterocycles. The molecule has 0 bridgehead atoms. The van der Waals surface area contributed by atoms with E-state index in [0.29, 0.717) is 0 Å². The fourth-order valence-corrected chi connectivity index (χ4v) is 0.836. The van der Waals surface area contributed by atoms with Crippen LogP contribution in [0.3, 0.4) is 0 Å². The molecule has 0 aliphatic rings. The highest BCUT2D eigenvalue weighted by Gasteiger charge is 2.15. The SMILES string of the molecule is CCC(C)NC(=O)C(C)NC(=O)CN. The molecule has 0 fully saturated rings. The van der Waals surface area contributed by atoms with Crippen LogP contribution in [0.5, 0.6) is 0 Å². The maximum absolute atomic E-state index is 11.4. The van der Waals surface area contributed by atoms with Gasteiger partial charge in [0.25, 0.3) is 0 Å². The Labute approximate surface area is 84.4 Å². The Bertz CT molecular complexity index is 206. The summed E-state index contributed by atoms with van der Waals surface area (Å²) in [4.78, 5) is 22.3. The van der Waals surface area contributed by atoms with Crippen molar-refractivity contribution >= 4 is 11.8 Å². The second-order valence-corrected chi connectivity index (χ2v) is 3.31. The second-order valence-electron chi connectivity index (χ2n) is 3.31. The summed E-state index contributed by atoms with van der Waals surface area (Å²) in [7, 11) is 0. The Morgan fingerprint density at radius 1 is 1.29 bits per heavy atom. The molecule has 0 aliphatic heterocycles. The highest BCUT2D eigenvalue weighted by molar-refractivity contribution is 5.87. The van der Waals surface area contributed by atoms with E-state index in [9.17, 15) is 9.59 Å². The lowest BCUT2D eigenvalue weighted by Crippen LogP contribution is -2.48. The van der Waals surface area contributed by atoms with E-state index in [1.807, 2.05) is 13.8 Å². The molecule has 2 amide bonds. The van der Waals surface area contributed by atoms with Crippen molar-refractivity contribution in [3.8, 4) is 0 Å². The number of hydrogen-bond acceptors (Lipinski definition) is 3. The average molecular weight is 201 g/mol. The molecule has 0 saturated heterocycles. The van der Waals surface area contributed by atoms with E-state index in [1.54, 1.807) is 6.92 Å². The van der Waals surface area contributed by atoms with Crippen LogP contribution in [0.4, 0.5) is 0 Å². The van der Waals surface area contributed by atoms with Gasteiger partial charge in [-0.2, -0.15) is 0 Å². The van der Waals surface area contributed by atoms with E-state index in [-0.39, 0.29) is 24.4 Å². The highest BCUT2D eigenvalue weighted by Crippen LogP contribution is 1.90. The average Bonchev–Trinajstić information content (AvgIpc) is 2.17. The van der Waals surface area contributed by atoms with Crippen molar-refractivity contribution in [3.63, 3.8) is 0 Å². The van der Waals surface area contributed by atoms with Gasteiger partial charge in [-0.15, -0.1) is 0 Å². The molecule has 82 valence electrons. The molecule has 0 aromatic heterocycles. The van der Waals surface area contributed by atoms with Crippen molar-refractivity contribution in [1.29, 1.82) is 0 Å². The minimum atomic E-state index is -0.528. The molecule has 0 radical (unpaired) electrons. The first-order valence-electron chi connectivity index (χ1n) is 4.81. The molecule has 2 atom stereocenters. The van der Waals surface area contributed by atoms with Gasteiger partial charge in [0, 0.05) is 6.04 Å².